The third-order valence-corrected chi connectivity index (χ3v) is 4.84. The topological polar surface area (TPSA) is 12.0 Å². The lowest BCUT2D eigenvalue weighted by Gasteiger charge is -2.26. The molecule has 0 bridgehead atoms. The SMILES string of the molecule is CCC(NC(c1ccccc1)C1CC1)c1ccc(Br)cc1. The first-order valence-corrected chi connectivity index (χ1v) is 8.63. The highest BCUT2D eigenvalue weighted by molar-refractivity contribution is 9.10. The Labute approximate surface area is 135 Å². The van der Waals surface area contributed by atoms with Gasteiger partial charge in [-0.15, -0.1) is 0 Å². The highest BCUT2D eigenvalue weighted by atomic mass is 79.9. The van der Waals surface area contributed by atoms with E-state index in [0.717, 1.165) is 16.8 Å². The largest absolute Gasteiger partial charge is 0.303 e. The Hall–Kier alpha value is -1.12. The van der Waals surface area contributed by atoms with Crippen LogP contribution in [0.5, 0.6) is 0 Å². The summed E-state index contributed by atoms with van der Waals surface area (Å²) in [5.74, 6) is 0.803. The number of hydrogen-bond acceptors (Lipinski definition) is 1. The van der Waals surface area contributed by atoms with E-state index >= 15 is 0 Å². The molecule has 0 heterocycles. The fraction of sp³-hybridized carbons (Fsp3) is 0.368. The number of nitrogens with one attached hydrogen (secondary N) is 1. The Morgan fingerprint density at radius 1 is 1.00 bits per heavy atom. The van der Waals surface area contributed by atoms with E-state index in [9.17, 15) is 0 Å². The van der Waals surface area contributed by atoms with Crippen LogP contribution in [-0.4, -0.2) is 0 Å². The molecule has 1 N–H and O–H groups in total. The van der Waals surface area contributed by atoms with Crippen LogP contribution in [0.3, 0.4) is 0 Å². The van der Waals surface area contributed by atoms with Crippen molar-refractivity contribution in [2.24, 2.45) is 5.92 Å². The molecule has 0 spiro atoms. The fourth-order valence-corrected chi connectivity index (χ4v) is 3.22. The average molecular weight is 344 g/mol. The summed E-state index contributed by atoms with van der Waals surface area (Å²) in [4.78, 5) is 0. The predicted molar refractivity (Wildman–Crippen MR) is 92.2 cm³/mol. The molecule has 1 aliphatic rings. The second kappa shape index (κ2) is 6.76. The molecule has 3 rings (SSSR count). The summed E-state index contributed by atoms with van der Waals surface area (Å²) in [5, 5.41) is 3.90. The smallest absolute Gasteiger partial charge is 0.0354 e. The third-order valence-electron chi connectivity index (χ3n) is 4.31. The molecule has 0 aromatic heterocycles. The van der Waals surface area contributed by atoms with Gasteiger partial charge in [0, 0.05) is 16.6 Å². The summed E-state index contributed by atoms with van der Waals surface area (Å²) >= 11 is 3.52. The summed E-state index contributed by atoms with van der Waals surface area (Å²) in [5.41, 5.74) is 2.80. The molecular formula is C19H22BrN. The van der Waals surface area contributed by atoms with E-state index in [4.69, 9.17) is 0 Å². The Bertz CT molecular complexity index is 560. The van der Waals surface area contributed by atoms with Crippen molar-refractivity contribution in [1.82, 2.24) is 5.32 Å². The lowest BCUT2D eigenvalue weighted by molar-refractivity contribution is 0.402. The van der Waals surface area contributed by atoms with Gasteiger partial charge in [-0.2, -0.15) is 0 Å². The minimum atomic E-state index is 0.420. The van der Waals surface area contributed by atoms with E-state index in [1.54, 1.807) is 0 Å². The zero-order valence-electron chi connectivity index (χ0n) is 12.4. The molecule has 110 valence electrons. The molecule has 2 aromatic carbocycles. The summed E-state index contributed by atoms with van der Waals surface area (Å²) in [6, 6.07) is 20.5. The van der Waals surface area contributed by atoms with Gasteiger partial charge in [-0.05, 0) is 48.4 Å². The molecule has 0 saturated heterocycles. The first kappa shape index (κ1) is 14.8. The third kappa shape index (κ3) is 3.75. The first-order valence-electron chi connectivity index (χ1n) is 7.84. The summed E-state index contributed by atoms with van der Waals surface area (Å²) in [7, 11) is 0. The standard InChI is InChI=1S/C19H22BrN/c1-2-18(14-10-12-17(20)13-11-14)21-19(16-8-9-16)15-6-4-3-5-7-15/h3-7,10-13,16,18-19,21H,2,8-9H2,1H3. The van der Waals surface area contributed by atoms with Crippen LogP contribution in [-0.2, 0) is 0 Å². The van der Waals surface area contributed by atoms with Crippen LogP contribution in [0.25, 0.3) is 0 Å². The summed E-state index contributed by atoms with van der Waals surface area (Å²) in [6.07, 6.45) is 3.81. The monoisotopic (exact) mass is 343 g/mol. The molecule has 21 heavy (non-hydrogen) atoms. The van der Waals surface area contributed by atoms with Crippen LogP contribution in [0.4, 0.5) is 0 Å². The fourth-order valence-electron chi connectivity index (χ4n) is 2.96. The Morgan fingerprint density at radius 2 is 1.67 bits per heavy atom. The molecule has 2 atom stereocenters. The van der Waals surface area contributed by atoms with Gasteiger partial charge in [0.05, 0.1) is 0 Å². The summed E-state index contributed by atoms with van der Waals surface area (Å²) in [6.45, 7) is 2.26. The van der Waals surface area contributed by atoms with Gasteiger partial charge in [-0.25, -0.2) is 0 Å². The minimum Gasteiger partial charge on any atom is -0.303 e. The van der Waals surface area contributed by atoms with E-state index in [-0.39, 0.29) is 0 Å². The van der Waals surface area contributed by atoms with E-state index in [1.165, 1.54) is 24.0 Å². The van der Waals surface area contributed by atoms with Gasteiger partial charge in [0.2, 0.25) is 0 Å². The van der Waals surface area contributed by atoms with Crippen LogP contribution in [0.15, 0.2) is 59.1 Å². The van der Waals surface area contributed by atoms with Gasteiger partial charge in [0.15, 0.2) is 0 Å². The van der Waals surface area contributed by atoms with E-state index < -0.39 is 0 Å². The van der Waals surface area contributed by atoms with Gasteiger partial charge in [-0.1, -0.05) is 65.3 Å². The molecular weight excluding hydrogens is 322 g/mol. The molecule has 1 fully saturated rings. The maximum Gasteiger partial charge on any atom is 0.0354 e. The lowest BCUT2D eigenvalue weighted by atomic mass is 9.98. The van der Waals surface area contributed by atoms with E-state index in [1.807, 2.05) is 0 Å². The van der Waals surface area contributed by atoms with Crippen LogP contribution in [0, 0.1) is 5.92 Å². The van der Waals surface area contributed by atoms with Crippen LogP contribution < -0.4 is 5.32 Å². The van der Waals surface area contributed by atoms with Gasteiger partial charge < -0.3 is 5.32 Å². The molecule has 0 amide bonds. The highest BCUT2D eigenvalue weighted by Crippen LogP contribution is 2.42. The van der Waals surface area contributed by atoms with Crippen molar-refractivity contribution in [2.75, 3.05) is 0 Å². The lowest BCUT2D eigenvalue weighted by Crippen LogP contribution is -2.27. The molecule has 1 saturated carbocycles. The summed E-state index contributed by atoms with van der Waals surface area (Å²) < 4.78 is 1.14. The van der Waals surface area contributed by atoms with Crippen LogP contribution in [0.2, 0.25) is 0 Å². The zero-order valence-corrected chi connectivity index (χ0v) is 14.0. The normalized spacial score (nSPS) is 17.4. The van der Waals surface area contributed by atoms with Gasteiger partial charge in [0.25, 0.3) is 0 Å². The van der Waals surface area contributed by atoms with Crippen LogP contribution in [0.1, 0.15) is 49.4 Å². The van der Waals surface area contributed by atoms with Gasteiger partial charge >= 0.3 is 0 Å². The number of hydrogen-bond donors (Lipinski definition) is 1. The minimum absolute atomic E-state index is 0.420. The second-order valence-corrected chi connectivity index (χ2v) is 6.82. The number of rotatable bonds is 6. The first-order chi connectivity index (χ1) is 10.3. The molecule has 0 aliphatic heterocycles. The van der Waals surface area contributed by atoms with Crippen LogP contribution >= 0.6 is 15.9 Å². The highest BCUT2D eigenvalue weighted by Gasteiger charge is 2.33. The van der Waals surface area contributed by atoms with Crippen molar-refractivity contribution in [3.63, 3.8) is 0 Å². The Balaban J connectivity index is 1.79. The van der Waals surface area contributed by atoms with E-state index in [2.05, 4.69) is 82.8 Å². The molecule has 2 aromatic rings. The Morgan fingerprint density at radius 3 is 2.24 bits per heavy atom. The van der Waals surface area contributed by atoms with Crippen molar-refractivity contribution < 1.29 is 0 Å². The Kier molecular flexibility index (Phi) is 4.77. The van der Waals surface area contributed by atoms with Crippen molar-refractivity contribution in [2.45, 2.75) is 38.3 Å². The second-order valence-electron chi connectivity index (χ2n) is 5.90. The number of halogens is 1. The molecule has 2 heteroatoms. The zero-order chi connectivity index (χ0) is 14.7. The van der Waals surface area contributed by atoms with Crippen molar-refractivity contribution >= 4 is 15.9 Å². The van der Waals surface area contributed by atoms with E-state index in [0.29, 0.717) is 12.1 Å². The van der Waals surface area contributed by atoms with Gasteiger partial charge in [-0.3, -0.25) is 0 Å². The van der Waals surface area contributed by atoms with Crippen molar-refractivity contribution in [1.29, 1.82) is 0 Å². The average Bonchev–Trinajstić information content (AvgIpc) is 3.35. The predicted octanol–water partition coefficient (Wildman–Crippen LogP) is 5.64. The number of benzene rings is 2. The maximum absolute atomic E-state index is 3.90. The molecule has 1 nitrogen and oxygen atoms in total. The maximum atomic E-state index is 3.90. The quantitative estimate of drug-likeness (QED) is 0.715. The molecule has 1 aliphatic carbocycles. The van der Waals surface area contributed by atoms with Gasteiger partial charge in [0.1, 0.15) is 0 Å². The van der Waals surface area contributed by atoms with Crippen molar-refractivity contribution in [3.05, 3.63) is 70.2 Å². The molecule has 0 radical (unpaired) electrons. The van der Waals surface area contributed by atoms with Crippen molar-refractivity contribution in [3.8, 4) is 0 Å². The molecule has 2 unspecified atom stereocenters.